The lowest BCUT2D eigenvalue weighted by molar-refractivity contribution is 0.205. The lowest BCUT2D eigenvalue weighted by Crippen LogP contribution is -2.52. The molecule has 0 bridgehead atoms. The molecule has 11 heteroatoms. The Hall–Kier alpha value is -3.24. The molecule has 3 heterocycles. The van der Waals surface area contributed by atoms with Crippen molar-refractivity contribution in [2.75, 3.05) is 24.5 Å². The van der Waals surface area contributed by atoms with Gasteiger partial charge in [-0.25, -0.2) is 14.8 Å². The first-order chi connectivity index (χ1) is 18.3. The maximum Gasteiger partial charge on any atom is 0.433 e. The van der Waals surface area contributed by atoms with Crippen LogP contribution in [0.25, 0.3) is 22.4 Å². The van der Waals surface area contributed by atoms with E-state index in [0.29, 0.717) is 28.3 Å². The highest BCUT2D eigenvalue weighted by Crippen LogP contribution is 2.36. The van der Waals surface area contributed by atoms with Gasteiger partial charge in [0.05, 0.1) is 0 Å². The minimum Gasteiger partial charge on any atom is -0.463 e. The Morgan fingerprint density at radius 1 is 1.24 bits per heavy atom. The molecule has 2 aromatic heterocycles. The quantitative estimate of drug-likeness (QED) is 0.307. The van der Waals surface area contributed by atoms with Crippen LogP contribution in [-0.4, -0.2) is 62.2 Å². The van der Waals surface area contributed by atoms with Crippen LogP contribution in [0.1, 0.15) is 51.8 Å². The predicted molar refractivity (Wildman–Crippen MR) is 150 cm³/mol. The molecule has 3 aromatic rings. The fourth-order valence-corrected chi connectivity index (χ4v) is 5.87. The van der Waals surface area contributed by atoms with Gasteiger partial charge in [-0.1, -0.05) is 50.4 Å². The lowest BCUT2D eigenvalue weighted by atomic mass is 9.83. The third kappa shape index (κ3) is 5.47. The summed E-state index contributed by atoms with van der Waals surface area (Å²) in [6.07, 6.45) is 4.36. The van der Waals surface area contributed by atoms with Gasteiger partial charge >= 0.3 is 6.09 Å². The Kier molecular flexibility index (Phi) is 7.80. The number of hydrogen-bond donors (Lipinski definition) is 3. The first kappa shape index (κ1) is 26.4. The van der Waals surface area contributed by atoms with Crippen molar-refractivity contribution in [3.05, 3.63) is 35.1 Å². The Bertz CT molecular complexity index is 1350. The van der Waals surface area contributed by atoms with E-state index in [4.69, 9.17) is 27.3 Å². The summed E-state index contributed by atoms with van der Waals surface area (Å²) in [5, 5.41) is 13.3. The molecular formula is C27H35ClN8O2. The van der Waals surface area contributed by atoms with E-state index in [2.05, 4.69) is 38.6 Å². The van der Waals surface area contributed by atoms with Crippen LogP contribution in [0.3, 0.4) is 0 Å². The van der Waals surface area contributed by atoms with Gasteiger partial charge in [0.15, 0.2) is 17.3 Å². The molecule has 0 radical (unpaired) electrons. The molecule has 1 saturated heterocycles. The molecule has 38 heavy (non-hydrogen) atoms. The number of aromatic nitrogens is 4. The number of fused-ring (bicyclic) bond motifs is 1. The Morgan fingerprint density at radius 3 is 2.74 bits per heavy atom. The highest BCUT2D eigenvalue weighted by molar-refractivity contribution is 6.30. The lowest BCUT2D eigenvalue weighted by Gasteiger charge is -2.37. The van der Waals surface area contributed by atoms with E-state index in [1.807, 2.05) is 24.3 Å². The number of benzene rings is 1. The maximum atomic E-state index is 11.3. The molecule has 1 aliphatic carbocycles. The summed E-state index contributed by atoms with van der Waals surface area (Å²) in [7, 11) is 0. The molecule has 1 aromatic carbocycles. The monoisotopic (exact) mass is 538 g/mol. The molecule has 1 atom stereocenters. The third-order valence-corrected chi connectivity index (χ3v) is 8.02. The number of aliphatic imine (C=N–C) groups is 1. The molecule has 2 fully saturated rings. The maximum absolute atomic E-state index is 11.3. The standard InChI is InChI=1S/C27H35ClN8O2/c1-3-20-14-30-11-12-35(20)26-34-24-22(36(26)15-17-9-7-16(2)8-10-17)21(18-5-4-6-19(28)13-18)31-25(33-24)23(29)32-27(37)38/h4-6,13,16-17,20,30H,3,7-12,14-15H2,1-2H3,(H2,29,32)(H,37,38)/t16?,17?,20-/m1/s1. The van der Waals surface area contributed by atoms with Crippen molar-refractivity contribution in [3.8, 4) is 11.3 Å². The number of nitrogens with two attached hydrogens (primary N) is 1. The SMILES string of the molecule is CC[C@@H]1CNCCN1c1nc2nc(/C(N)=N/C(=O)O)nc(-c3cccc(Cl)c3)c2n1CC1CCC(C)CC1. The van der Waals surface area contributed by atoms with Crippen LogP contribution in [0.15, 0.2) is 29.3 Å². The minimum atomic E-state index is -1.40. The fourth-order valence-electron chi connectivity index (χ4n) is 5.68. The average Bonchev–Trinajstić information content (AvgIpc) is 3.27. The minimum absolute atomic E-state index is 0.0323. The summed E-state index contributed by atoms with van der Waals surface area (Å²) in [6, 6.07) is 7.75. The van der Waals surface area contributed by atoms with E-state index in [-0.39, 0.29) is 11.7 Å². The number of nitrogens with one attached hydrogen (secondary N) is 1. The zero-order valence-electron chi connectivity index (χ0n) is 21.9. The van der Waals surface area contributed by atoms with Gasteiger partial charge in [-0.05, 0) is 43.2 Å². The number of rotatable bonds is 6. The number of halogens is 1. The Morgan fingerprint density at radius 2 is 2.03 bits per heavy atom. The summed E-state index contributed by atoms with van der Waals surface area (Å²) >= 11 is 6.38. The van der Waals surface area contributed by atoms with E-state index < -0.39 is 6.09 Å². The van der Waals surface area contributed by atoms with Gasteiger partial charge in [-0.2, -0.15) is 9.98 Å². The van der Waals surface area contributed by atoms with Crippen molar-refractivity contribution in [2.45, 2.75) is 58.5 Å². The van der Waals surface area contributed by atoms with Crippen LogP contribution in [-0.2, 0) is 6.54 Å². The number of imidazole rings is 1. The first-order valence-electron chi connectivity index (χ1n) is 13.4. The smallest absolute Gasteiger partial charge is 0.433 e. The number of nitrogens with zero attached hydrogens (tertiary/aromatic N) is 6. The zero-order valence-corrected chi connectivity index (χ0v) is 22.7. The average molecular weight is 539 g/mol. The topological polar surface area (TPSA) is 135 Å². The van der Waals surface area contributed by atoms with Crippen LogP contribution in [0.4, 0.5) is 10.7 Å². The Balaban J connectivity index is 1.74. The number of carboxylic acid groups (broad SMARTS) is 1. The molecule has 4 N–H and O–H groups in total. The van der Waals surface area contributed by atoms with Gasteiger partial charge < -0.3 is 25.6 Å². The van der Waals surface area contributed by atoms with Crippen molar-refractivity contribution in [3.63, 3.8) is 0 Å². The Labute approximate surface area is 227 Å². The molecule has 0 unspecified atom stereocenters. The molecule has 0 spiro atoms. The van der Waals surface area contributed by atoms with Crippen molar-refractivity contribution < 1.29 is 9.90 Å². The molecule has 1 saturated carbocycles. The van der Waals surface area contributed by atoms with Gasteiger partial charge in [0, 0.05) is 42.8 Å². The van der Waals surface area contributed by atoms with Crippen LogP contribution in [0.5, 0.6) is 0 Å². The zero-order chi connectivity index (χ0) is 26.8. The number of hydrogen-bond acceptors (Lipinski definition) is 6. The second kappa shape index (κ2) is 11.2. The summed E-state index contributed by atoms with van der Waals surface area (Å²) in [5.74, 6) is 1.91. The molecule has 202 valence electrons. The van der Waals surface area contributed by atoms with Crippen molar-refractivity contribution in [1.82, 2.24) is 24.8 Å². The molecule has 1 aliphatic heterocycles. The van der Waals surface area contributed by atoms with E-state index in [1.165, 1.54) is 25.7 Å². The molecular weight excluding hydrogens is 504 g/mol. The van der Waals surface area contributed by atoms with Gasteiger partial charge in [-0.15, -0.1) is 0 Å². The number of carbonyl (C=O) groups is 1. The van der Waals surface area contributed by atoms with E-state index >= 15 is 0 Å². The largest absolute Gasteiger partial charge is 0.463 e. The first-order valence-corrected chi connectivity index (χ1v) is 13.8. The summed E-state index contributed by atoms with van der Waals surface area (Å²) < 4.78 is 2.29. The molecule has 10 nitrogen and oxygen atoms in total. The number of anilines is 1. The van der Waals surface area contributed by atoms with Gasteiger partial charge in [0.2, 0.25) is 5.95 Å². The predicted octanol–water partition coefficient (Wildman–Crippen LogP) is 4.54. The van der Waals surface area contributed by atoms with Crippen LogP contribution < -0.4 is 16.0 Å². The highest BCUT2D eigenvalue weighted by Gasteiger charge is 2.30. The highest BCUT2D eigenvalue weighted by atomic mass is 35.5. The third-order valence-electron chi connectivity index (χ3n) is 7.78. The van der Waals surface area contributed by atoms with E-state index in [1.54, 1.807) is 0 Å². The van der Waals surface area contributed by atoms with Crippen molar-refractivity contribution >= 4 is 40.6 Å². The van der Waals surface area contributed by atoms with Gasteiger partial charge in [0.25, 0.3) is 0 Å². The second-order valence-corrected chi connectivity index (χ2v) is 10.9. The van der Waals surface area contributed by atoms with E-state index in [9.17, 15) is 9.90 Å². The summed E-state index contributed by atoms with van der Waals surface area (Å²) in [6.45, 7) is 7.93. The van der Waals surface area contributed by atoms with Crippen molar-refractivity contribution in [2.24, 2.45) is 22.6 Å². The van der Waals surface area contributed by atoms with E-state index in [0.717, 1.165) is 55.5 Å². The fraction of sp³-hybridized carbons (Fsp3) is 0.519. The van der Waals surface area contributed by atoms with Gasteiger partial charge in [-0.3, -0.25) is 0 Å². The van der Waals surface area contributed by atoms with Crippen LogP contribution in [0.2, 0.25) is 5.02 Å². The van der Waals surface area contributed by atoms with Crippen LogP contribution >= 0.6 is 11.6 Å². The van der Waals surface area contributed by atoms with Gasteiger partial charge in [0.1, 0.15) is 11.2 Å². The molecule has 5 rings (SSSR count). The second-order valence-electron chi connectivity index (χ2n) is 10.5. The number of piperazine rings is 1. The molecule has 2 aliphatic rings. The summed E-state index contributed by atoms with van der Waals surface area (Å²) in [4.78, 5) is 31.5. The van der Waals surface area contributed by atoms with Crippen molar-refractivity contribution in [1.29, 1.82) is 0 Å². The molecule has 1 amide bonds. The number of amides is 1. The number of amidine groups is 1. The summed E-state index contributed by atoms with van der Waals surface area (Å²) in [5.41, 5.74) is 8.70. The van der Waals surface area contributed by atoms with Crippen LogP contribution in [0, 0.1) is 11.8 Å². The normalized spacial score (nSPS) is 22.7.